The zero-order chi connectivity index (χ0) is 38.2. The number of furan rings is 1. The second kappa shape index (κ2) is 13.4. The number of hydrogen-bond donors (Lipinski definition) is 0. The zero-order valence-electron chi connectivity index (χ0n) is 32.3. The van der Waals surface area contributed by atoms with E-state index >= 15 is 0 Å². The molecule has 1 aromatic heterocycles. The number of anilines is 6. The molecule has 276 valence electrons. The predicted molar refractivity (Wildman–Crippen MR) is 244 cm³/mol. The summed E-state index contributed by atoms with van der Waals surface area (Å²) in [6.07, 6.45) is 6.39. The molecule has 0 amide bonds. The molecule has 58 heavy (non-hydrogen) atoms. The van der Waals surface area contributed by atoms with Crippen LogP contribution in [-0.2, 0) is 0 Å². The van der Waals surface area contributed by atoms with E-state index in [9.17, 15) is 0 Å². The van der Waals surface area contributed by atoms with Crippen LogP contribution in [0.25, 0.3) is 44.2 Å². The molecule has 3 aliphatic rings. The Bertz CT molecular complexity index is 3000. The lowest BCUT2D eigenvalue weighted by molar-refractivity contribution is 0.444. The molecule has 3 nitrogen and oxygen atoms in total. The molecular formula is C54H41BN2O. The lowest BCUT2D eigenvalue weighted by Gasteiger charge is -2.45. The highest BCUT2D eigenvalue weighted by Crippen LogP contribution is 2.47. The third kappa shape index (κ3) is 5.21. The van der Waals surface area contributed by atoms with Crippen molar-refractivity contribution in [3.05, 3.63) is 188 Å². The molecule has 0 N–H and O–H groups in total. The second-order valence-electron chi connectivity index (χ2n) is 16.3. The van der Waals surface area contributed by atoms with E-state index in [0.29, 0.717) is 5.92 Å². The van der Waals surface area contributed by atoms with Crippen molar-refractivity contribution in [2.24, 2.45) is 0 Å². The molecule has 1 saturated carbocycles. The van der Waals surface area contributed by atoms with Crippen molar-refractivity contribution in [3.8, 4) is 22.3 Å². The van der Waals surface area contributed by atoms with Gasteiger partial charge in [0.05, 0.1) is 0 Å². The summed E-state index contributed by atoms with van der Waals surface area (Å²) in [5, 5.41) is 2.30. The highest BCUT2D eigenvalue weighted by molar-refractivity contribution is 7.00. The van der Waals surface area contributed by atoms with E-state index in [0.717, 1.165) is 38.8 Å². The average molecular weight is 745 g/mol. The first-order valence-electron chi connectivity index (χ1n) is 20.9. The van der Waals surface area contributed by atoms with Gasteiger partial charge in [-0.2, -0.15) is 0 Å². The summed E-state index contributed by atoms with van der Waals surface area (Å²) in [5.41, 5.74) is 19.5. The van der Waals surface area contributed by atoms with E-state index in [1.54, 1.807) is 0 Å². The third-order valence-corrected chi connectivity index (χ3v) is 13.0. The van der Waals surface area contributed by atoms with Crippen LogP contribution in [0.5, 0.6) is 0 Å². The Morgan fingerprint density at radius 2 is 1.09 bits per heavy atom. The molecule has 0 atom stereocenters. The molecule has 0 radical (unpaired) electrons. The van der Waals surface area contributed by atoms with Crippen LogP contribution in [0.2, 0.25) is 0 Å². The molecule has 2 aliphatic heterocycles. The Morgan fingerprint density at radius 1 is 0.448 bits per heavy atom. The van der Waals surface area contributed by atoms with Gasteiger partial charge in [-0.15, -0.1) is 0 Å². The quantitative estimate of drug-likeness (QED) is 0.164. The Hall–Kier alpha value is -6.78. The molecule has 1 fully saturated rings. The SMILES string of the molecule is c1ccc(-c2ccc3c(c2)B2c4ccccc4N(c4ccccc4)c4cc(C5CCCCC5)cc(c42)N3c2ccc(-c3cccc4c3oc3ccccc34)cc2)cc1. The molecule has 3 heterocycles. The van der Waals surface area contributed by atoms with Crippen LogP contribution in [0.4, 0.5) is 34.1 Å². The molecule has 12 rings (SSSR count). The second-order valence-corrected chi connectivity index (χ2v) is 16.3. The first-order valence-corrected chi connectivity index (χ1v) is 20.9. The first kappa shape index (κ1) is 33.4. The normalized spacial score (nSPS) is 14.7. The summed E-state index contributed by atoms with van der Waals surface area (Å²) < 4.78 is 6.50. The molecule has 8 aromatic carbocycles. The van der Waals surface area contributed by atoms with E-state index < -0.39 is 0 Å². The van der Waals surface area contributed by atoms with Crippen LogP contribution in [0, 0.1) is 0 Å². The summed E-state index contributed by atoms with van der Waals surface area (Å²) in [4.78, 5) is 5.10. The zero-order valence-corrected chi connectivity index (χ0v) is 32.3. The van der Waals surface area contributed by atoms with Gasteiger partial charge in [-0.3, -0.25) is 0 Å². The van der Waals surface area contributed by atoms with Crippen molar-refractivity contribution in [3.63, 3.8) is 0 Å². The van der Waals surface area contributed by atoms with Gasteiger partial charge in [0.1, 0.15) is 11.2 Å². The summed E-state index contributed by atoms with van der Waals surface area (Å²) >= 11 is 0. The monoisotopic (exact) mass is 744 g/mol. The Labute approximate surface area is 339 Å². The molecule has 0 saturated heterocycles. The van der Waals surface area contributed by atoms with Crippen LogP contribution < -0.4 is 26.2 Å². The van der Waals surface area contributed by atoms with Gasteiger partial charge in [-0.05, 0) is 112 Å². The molecule has 4 heteroatoms. The van der Waals surface area contributed by atoms with Gasteiger partial charge in [-0.25, -0.2) is 0 Å². The Balaban J connectivity index is 1.10. The average Bonchev–Trinajstić information content (AvgIpc) is 3.69. The van der Waals surface area contributed by atoms with Gasteiger partial charge in [0, 0.05) is 50.5 Å². The minimum absolute atomic E-state index is 0.0708. The maximum atomic E-state index is 6.50. The Morgan fingerprint density at radius 3 is 1.88 bits per heavy atom. The van der Waals surface area contributed by atoms with Crippen molar-refractivity contribution in [1.82, 2.24) is 0 Å². The van der Waals surface area contributed by atoms with E-state index in [-0.39, 0.29) is 6.71 Å². The first-order chi connectivity index (χ1) is 28.8. The summed E-state index contributed by atoms with van der Waals surface area (Å²) in [6.45, 7) is 0.0708. The molecule has 9 aromatic rings. The third-order valence-electron chi connectivity index (χ3n) is 13.0. The van der Waals surface area contributed by atoms with Crippen LogP contribution in [0.15, 0.2) is 186 Å². The molecule has 0 bridgehead atoms. The van der Waals surface area contributed by atoms with Crippen molar-refractivity contribution in [2.45, 2.75) is 38.0 Å². The topological polar surface area (TPSA) is 19.6 Å². The largest absolute Gasteiger partial charge is 0.455 e. The minimum atomic E-state index is 0.0708. The van der Waals surface area contributed by atoms with E-state index in [1.165, 1.54) is 93.6 Å². The fourth-order valence-electron chi connectivity index (χ4n) is 10.4. The number of benzene rings is 8. The van der Waals surface area contributed by atoms with E-state index in [1.807, 2.05) is 6.07 Å². The lowest BCUT2D eigenvalue weighted by Crippen LogP contribution is -2.61. The van der Waals surface area contributed by atoms with Crippen LogP contribution >= 0.6 is 0 Å². The van der Waals surface area contributed by atoms with Gasteiger partial charge in [-0.1, -0.05) is 147 Å². The lowest BCUT2D eigenvalue weighted by atomic mass is 9.33. The van der Waals surface area contributed by atoms with Gasteiger partial charge < -0.3 is 14.2 Å². The van der Waals surface area contributed by atoms with Crippen LogP contribution in [0.1, 0.15) is 43.6 Å². The maximum Gasteiger partial charge on any atom is 0.252 e. The van der Waals surface area contributed by atoms with E-state index in [4.69, 9.17) is 4.42 Å². The van der Waals surface area contributed by atoms with Crippen molar-refractivity contribution < 1.29 is 4.42 Å². The number of fused-ring (bicyclic) bond motifs is 7. The molecular weight excluding hydrogens is 703 g/mol. The van der Waals surface area contributed by atoms with Gasteiger partial charge in [0.25, 0.3) is 6.71 Å². The van der Waals surface area contributed by atoms with Crippen molar-refractivity contribution >= 4 is 79.2 Å². The van der Waals surface area contributed by atoms with Crippen LogP contribution in [0.3, 0.4) is 0 Å². The van der Waals surface area contributed by atoms with Crippen molar-refractivity contribution in [2.75, 3.05) is 9.80 Å². The molecule has 0 unspecified atom stereocenters. The fraction of sp³-hybridized carbons (Fsp3) is 0.111. The fourth-order valence-corrected chi connectivity index (χ4v) is 10.4. The van der Waals surface area contributed by atoms with Crippen molar-refractivity contribution in [1.29, 1.82) is 0 Å². The summed E-state index contributed by atoms with van der Waals surface area (Å²) in [6, 6.07) is 67.3. The summed E-state index contributed by atoms with van der Waals surface area (Å²) in [7, 11) is 0. The predicted octanol–water partition coefficient (Wildman–Crippen LogP) is 13.1. The van der Waals surface area contributed by atoms with E-state index in [2.05, 4.69) is 186 Å². The van der Waals surface area contributed by atoms with Crippen LogP contribution in [-0.4, -0.2) is 6.71 Å². The number of para-hydroxylation sites is 4. The van der Waals surface area contributed by atoms with Gasteiger partial charge in [0.2, 0.25) is 0 Å². The highest BCUT2D eigenvalue weighted by atomic mass is 16.3. The minimum Gasteiger partial charge on any atom is -0.455 e. The Kier molecular flexibility index (Phi) is 7.72. The standard InChI is InChI=1S/C54H41BN2O/c1-4-15-36(16-5-1)39-29-32-49-47(33-39)55-46-24-11-12-25-48(46)56(41-19-8-3-9-20-41)50-34-40(37-17-6-2-7-18-37)35-51(53(50)55)57(49)42-30-27-38(28-31-42)43-22-14-23-45-44-21-10-13-26-52(44)58-54(43)45/h1,3-5,8-16,19-35,37H,2,6-7,17-18H2. The molecule has 0 spiro atoms. The maximum absolute atomic E-state index is 6.50. The number of rotatable bonds is 5. The highest BCUT2D eigenvalue weighted by Gasteiger charge is 2.44. The smallest absolute Gasteiger partial charge is 0.252 e. The number of nitrogens with zero attached hydrogens (tertiary/aromatic N) is 2. The molecule has 1 aliphatic carbocycles. The van der Waals surface area contributed by atoms with Gasteiger partial charge >= 0.3 is 0 Å². The van der Waals surface area contributed by atoms with Gasteiger partial charge in [0.15, 0.2) is 0 Å². The number of hydrogen-bond acceptors (Lipinski definition) is 3. The summed E-state index contributed by atoms with van der Waals surface area (Å²) in [5.74, 6) is 0.541.